The molecule has 0 fully saturated rings. The summed E-state index contributed by atoms with van der Waals surface area (Å²) < 4.78 is 24.9. The van der Waals surface area contributed by atoms with Crippen LogP contribution in [0.15, 0.2) is 17.6 Å². The first-order valence-corrected chi connectivity index (χ1v) is 4.80. The number of rotatable bonds is 3. The van der Waals surface area contributed by atoms with Crippen LogP contribution in [0.4, 0.5) is 8.78 Å². The molecule has 0 N–H and O–H groups in total. The molecule has 0 atom stereocenters. The van der Waals surface area contributed by atoms with Gasteiger partial charge in [0.2, 0.25) is 0 Å². The first-order chi connectivity index (χ1) is 6.01. The highest BCUT2D eigenvalue weighted by Crippen LogP contribution is 2.32. The Balaban J connectivity index is 2.70. The van der Waals surface area contributed by atoms with Crippen LogP contribution < -0.4 is 0 Å². The second-order valence-corrected chi connectivity index (χ2v) is 3.97. The van der Waals surface area contributed by atoms with Crippen molar-refractivity contribution in [1.82, 2.24) is 9.97 Å². The molecular formula is C7H7ClF2N2S. The molecule has 0 saturated heterocycles. The van der Waals surface area contributed by atoms with Crippen LogP contribution in [0.3, 0.4) is 0 Å². The summed E-state index contributed by atoms with van der Waals surface area (Å²) in [6.07, 6.45) is 2.88. The zero-order valence-electron chi connectivity index (χ0n) is 6.80. The van der Waals surface area contributed by atoms with Gasteiger partial charge in [-0.2, -0.15) is 8.78 Å². The number of aromatic nitrogens is 2. The van der Waals surface area contributed by atoms with Gasteiger partial charge in [0, 0.05) is 24.9 Å². The van der Waals surface area contributed by atoms with Crippen molar-refractivity contribution in [3.8, 4) is 0 Å². The van der Waals surface area contributed by atoms with E-state index in [1.54, 1.807) is 0 Å². The largest absolute Gasteiger partial charge is 0.298 e. The molecule has 0 saturated carbocycles. The fourth-order valence-corrected chi connectivity index (χ4v) is 1.29. The molecular weight excluding hydrogens is 218 g/mol. The van der Waals surface area contributed by atoms with Gasteiger partial charge in [-0.15, -0.1) is 11.6 Å². The highest BCUT2D eigenvalue weighted by Gasteiger charge is 2.24. The van der Waals surface area contributed by atoms with Gasteiger partial charge in [-0.3, -0.25) is 0 Å². The van der Waals surface area contributed by atoms with Crippen molar-refractivity contribution < 1.29 is 8.78 Å². The van der Waals surface area contributed by atoms with Crippen LogP contribution >= 0.6 is 23.4 Å². The van der Waals surface area contributed by atoms with E-state index in [4.69, 9.17) is 11.6 Å². The molecule has 0 amide bonds. The number of thioether (sulfide) groups is 1. The van der Waals surface area contributed by atoms with E-state index in [2.05, 4.69) is 9.97 Å². The molecule has 0 aromatic carbocycles. The molecule has 0 spiro atoms. The van der Waals surface area contributed by atoms with Gasteiger partial charge in [-0.25, -0.2) is 9.97 Å². The van der Waals surface area contributed by atoms with Gasteiger partial charge >= 0.3 is 0 Å². The maximum atomic E-state index is 12.4. The minimum atomic E-state index is -2.84. The molecule has 0 aliphatic heterocycles. The third-order valence-electron chi connectivity index (χ3n) is 1.11. The van der Waals surface area contributed by atoms with Crippen LogP contribution in [-0.4, -0.2) is 15.2 Å². The summed E-state index contributed by atoms with van der Waals surface area (Å²) in [5, 5.41) is -2.79. The number of nitrogens with zero attached hydrogens (tertiary/aromatic N) is 2. The fourth-order valence-electron chi connectivity index (χ4n) is 0.625. The lowest BCUT2D eigenvalue weighted by Gasteiger charge is -2.06. The highest BCUT2D eigenvalue weighted by molar-refractivity contribution is 8.00. The second kappa shape index (κ2) is 4.19. The van der Waals surface area contributed by atoms with E-state index < -0.39 is 5.25 Å². The summed E-state index contributed by atoms with van der Waals surface area (Å²) in [7, 11) is 0. The molecule has 1 aromatic heterocycles. The molecule has 72 valence electrons. The maximum absolute atomic E-state index is 12.4. The summed E-state index contributed by atoms with van der Waals surface area (Å²) in [6.45, 7) is 0.802. The average molecular weight is 225 g/mol. The molecule has 0 radical (unpaired) electrons. The molecule has 0 unspecified atom stereocenters. The summed E-state index contributed by atoms with van der Waals surface area (Å²) in [6, 6.07) is 0. The van der Waals surface area contributed by atoms with Crippen molar-refractivity contribution in [3.05, 3.63) is 18.0 Å². The SMILES string of the molecule is CC(F)(F)Sc1ncc(CCl)cn1. The Kier molecular flexibility index (Phi) is 3.44. The van der Waals surface area contributed by atoms with Crippen molar-refractivity contribution in [1.29, 1.82) is 0 Å². The minimum absolute atomic E-state index is 0.0568. The molecule has 6 heteroatoms. The van der Waals surface area contributed by atoms with E-state index in [0.29, 0.717) is 17.3 Å². The molecule has 0 aliphatic rings. The number of alkyl halides is 3. The summed E-state index contributed by atoms with van der Waals surface area (Å²) in [5.41, 5.74) is 0.713. The van der Waals surface area contributed by atoms with E-state index in [1.165, 1.54) is 12.4 Å². The monoisotopic (exact) mass is 224 g/mol. The number of halogens is 3. The van der Waals surface area contributed by atoms with Crippen LogP contribution in [0.25, 0.3) is 0 Å². The Bertz CT molecular complexity index is 273. The predicted molar refractivity (Wildman–Crippen MR) is 48.1 cm³/mol. The first kappa shape index (κ1) is 10.7. The van der Waals surface area contributed by atoms with Gasteiger partial charge < -0.3 is 0 Å². The Morgan fingerprint density at radius 2 is 2.00 bits per heavy atom. The summed E-state index contributed by atoms with van der Waals surface area (Å²) in [4.78, 5) is 7.44. The van der Waals surface area contributed by atoms with Gasteiger partial charge in [0.25, 0.3) is 5.25 Å². The van der Waals surface area contributed by atoms with Crippen LogP contribution in [0.5, 0.6) is 0 Å². The standard InChI is InChI=1S/C7H7ClF2N2S/c1-7(9,10)13-6-11-3-5(2-8)4-12-6/h3-4H,2H2,1H3. The Morgan fingerprint density at radius 3 is 2.38 bits per heavy atom. The number of hydrogen-bond donors (Lipinski definition) is 0. The van der Waals surface area contributed by atoms with Crippen molar-refractivity contribution in [2.75, 3.05) is 0 Å². The molecule has 0 bridgehead atoms. The zero-order chi connectivity index (χ0) is 9.90. The van der Waals surface area contributed by atoms with E-state index in [9.17, 15) is 8.78 Å². The van der Waals surface area contributed by atoms with Crippen LogP contribution in [-0.2, 0) is 5.88 Å². The Hall–Kier alpha value is -0.420. The third kappa shape index (κ3) is 3.87. The molecule has 2 nitrogen and oxygen atoms in total. The van der Waals surface area contributed by atoms with E-state index in [1.807, 2.05) is 0 Å². The fraction of sp³-hybridized carbons (Fsp3) is 0.429. The first-order valence-electron chi connectivity index (χ1n) is 3.45. The van der Waals surface area contributed by atoms with Crippen molar-refractivity contribution in [2.45, 2.75) is 23.2 Å². The second-order valence-electron chi connectivity index (χ2n) is 2.42. The lowest BCUT2D eigenvalue weighted by Crippen LogP contribution is -2.03. The van der Waals surface area contributed by atoms with E-state index >= 15 is 0 Å². The van der Waals surface area contributed by atoms with Gasteiger partial charge in [-0.05, 0) is 11.8 Å². The van der Waals surface area contributed by atoms with Gasteiger partial charge in [0.15, 0.2) is 5.16 Å². The quantitative estimate of drug-likeness (QED) is 0.449. The normalized spacial score (nSPS) is 11.7. The van der Waals surface area contributed by atoms with Crippen LogP contribution in [0.1, 0.15) is 12.5 Å². The predicted octanol–water partition coefficient (Wildman–Crippen LogP) is 2.92. The third-order valence-corrected chi connectivity index (χ3v) is 2.17. The maximum Gasteiger partial charge on any atom is 0.298 e. The van der Waals surface area contributed by atoms with Gasteiger partial charge in [0.1, 0.15) is 0 Å². The smallest absolute Gasteiger partial charge is 0.231 e. The lowest BCUT2D eigenvalue weighted by molar-refractivity contribution is 0.128. The summed E-state index contributed by atoms with van der Waals surface area (Å²) >= 11 is 5.80. The van der Waals surface area contributed by atoms with Crippen molar-refractivity contribution in [2.24, 2.45) is 0 Å². The topological polar surface area (TPSA) is 25.8 Å². The average Bonchev–Trinajstić information content (AvgIpc) is 2.03. The molecule has 1 rings (SSSR count). The zero-order valence-corrected chi connectivity index (χ0v) is 8.37. The molecule has 0 aliphatic carbocycles. The minimum Gasteiger partial charge on any atom is -0.231 e. The van der Waals surface area contributed by atoms with Crippen molar-refractivity contribution >= 4 is 23.4 Å². The van der Waals surface area contributed by atoms with E-state index in [-0.39, 0.29) is 11.0 Å². The molecule has 13 heavy (non-hydrogen) atoms. The van der Waals surface area contributed by atoms with Crippen molar-refractivity contribution in [3.63, 3.8) is 0 Å². The lowest BCUT2D eigenvalue weighted by atomic mass is 10.4. The molecule has 1 heterocycles. The summed E-state index contributed by atoms with van der Waals surface area (Å²) in [5.74, 6) is 0.285. The van der Waals surface area contributed by atoms with Gasteiger partial charge in [-0.1, -0.05) is 0 Å². The molecule has 1 aromatic rings. The van der Waals surface area contributed by atoms with Crippen LogP contribution in [0.2, 0.25) is 0 Å². The number of hydrogen-bond acceptors (Lipinski definition) is 3. The highest BCUT2D eigenvalue weighted by atomic mass is 35.5. The van der Waals surface area contributed by atoms with Crippen LogP contribution in [0, 0.1) is 0 Å². The Labute approximate surface area is 83.7 Å². The van der Waals surface area contributed by atoms with E-state index in [0.717, 1.165) is 6.92 Å². The van der Waals surface area contributed by atoms with Gasteiger partial charge in [0.05, 0.1) is 5.88 Å². The Morgan fingerprint density at radius 1 is 1.46 bits per heavy atom.